The van der Waals surface area contributed by atoms with Crippen molar-refractivity contribution in [3.63, 3.8) is 0 Å². The number of carboxylic acids is 1. The Morgan fingerprint density at radius 1 is 1.19 bits per heavy atom. The average Bonchev–Trinajstić information content (AvgIpc) is 3.11. The predicted molar refractivity (Wildman–Crippen MR) is 113 cm³/mol. The number of alkyl halides is 3. The summed E-state index contributed by atoms with van der Waals surface area (Å²) in [6.45, 7) is 0.361. The van der Waals surface area contributed by atoms with Gasteiger partial charge < -0.3 is 10.4 Å². The van der Waals surface area contributed by atoms with Gasteiger partial charge in [-0.25, -0.2) is 9.78 Å². The molecule has 3 aromatic rings. The highest BCUT2D eigenvalue weighted by Crippen LogP contribution is 2.32. The maximum atomic E-state index is 13.1. The van der Waals surface area contributed by atoms with Crippen molar-refractivity contribution < 1.29 is 23.1 Å². The molecule has 10 heteroatoms. The highest BCUT2D eigenvalue weighted by atomic mass is 19.4. The second-order valence-corrected chi connectivity index (χ2v) is 7.29. The molecule has 0 saturated heterocycles. The molecule has 3 rings (SSSR count). The molecule has 1 unspecified atom stereocenters. The summed E-state index contributed by atoms with van der Waals surface area (Å²) in [4.78, 5) is 28.7. The predicted octanol–water partition coefficient (Wildman–Crippen LogP) is 3.80. The van der Waals surface area contributed by atoms with Crippen molar-refractivity contribution in [2.24, 2.45) is 0 Å². The van der Waals surface area contributed by atoms with E-state index < -0.39 is 35.9 Å². The summed E-state index contributed by atoms with van der Waals surface area (Å²) in [5.74, 6) is -0.481. The van der Waals surface area contributed by atoms with E-state index in [1.54, 1.807) is 7.05 Å². The van der Waals surface area contributed by atoms with Crippen molar-refractivity contribution in [3.05, 3.63) is 82.2 Å². The van der Waals surface area contributed by atoms with Gasteiger partial charge >= 0.3 is 17.8 Å². The van der Waals surface area contributed by atoms with Gasteiger partial charge in [-0.1, -0.05) is 18.2 Å². The lowest BCUT2D eigenvalue weighted by atomic mass is 10.0. The standard InChI is InChI=1S/C22H23F3N4O3/c1-26-19-9-3-7-17(27-19)8-4-10-28-11-12-29(21(28)32)18(14-20(30)31)15-5-2-6-16(13-15)22(23,24)25/h2-3,5-7,9,11-13,18H,4,8,10,14H2,1H3,(H,26,27)(H,30,31). The van der Waals surface area contributed by atoms with Crippen LogP contribution in [0.4, 0.5) is 19.0 Å². The third kappa shape index (κ3) is 5.57. The number of carbonyl (C=O) groups is 1. The van der Waals surface area contributed by atoms with Crippen molar-refractivity contribution in [2.45, 2.75) is 38.0 Å². The first kappa shape index (κ1) is 23.1. The number of aliphatic carboxylic acids is 1. The molecule has 0 aliphatic rings. The second kappa shape index (κ2) is 9.71. The molecular weight excluding hydrogens is 425 g/mol. The Morgan fingerprint density at radius 3 is 2.62 bits per heavy atom. The van der Waals surface area contributed by atoms with E-state index in [2.05, 4.69) is 10.3 Å². The summed E-state index contributed by atoms with van der Waals surface area (Å²) >= 11 is 0. The van der Waals surface area contributed by atoms with Gasteiger partial charge in [0.1, 0.15) is 5.82 Å². The number of imidazole rings is 1. The number of pyridine rings is 1. The van der Waals surface area contributed by atoms with Crippen LogP contribution in [0.3, 0.4) is 0 Å². The number of benzene rings is 1. The molecule has 2 heterocycles. The number of aromatic nitrogens is 3. The number of halogens is 3. The molecule has 7 nitrogen and oxygen atoms in total. The van der Waals surface area contributed by atoms with E-state index in [0.717, 1.165) is 23.6 Å². The minimum Gasteiger partial charge on any atom is -0.481 e. The van der Waals surface area contributed by atoms with Crippen LogP contribution in [-0.2, 0) is 23.9 Å². The Bertz CT molecular complexity index is 1140. The van der Waals surface area contributed by atoms with Gasteiger partial charge in [0, 0.05) is 31.7 Å². The molecule has 2 aromatic heterocycles. The topological polar surface area (TPSA) is 89.1 Å². The molecule has 0 aliphatic heterocycles. The molecule has 0 aliphatic carbocycles. The molecule has 0 bridgehead atoms. The number of nitrogens with one attached hydrogen (secondary N) is 1. The summed E-state index contributed by atoms with van der Waals surface area (Å²) in [6.07, 6.45) is -0.930. The van der Waals surface area contributed by atoms with Crippen LogP contribution in [0, 0.1) is 0 Å². The first-order chi connectivity index (χ1) is 15.2. The number of nitrogens with zero attached hydrogens (tertiary/aromatic N) is 3. The molecule has 0 spiro atoms. The molecule has 2 N–H and O–H groups in total. The van der Waals surface area contributed by atoms with Gasteiger partial charge in [0.05, 0.1) is 18.0 Å². The van der Waals surface area contributed by atoms with E-state index >= 15 is 0 Å². The van der Waals surface area contributed by atoms with Crippen LogP contribution in [-0.4, -0.2) is 32.2 Å². The van der Waals surface area contributed by atoms with Gasteiger partial charge in [0.25, 0.3) is 0 Å². The van der Waals surface area contributed by atoms with Gasteiger partial charge in [-0.2, -0.15) is 13.2 Å². The largest absolute Gasteiger partial charge is 0.481 e. The van der Waals surface area contributed by atoms with E-state index in [9.17, 15) is 27.9 Å². The maximum Gasteiger partial charge on any atom is 0.416 e. The third-order valence-electron chi connectivity index (χ3n) is 5.07. The van der Waals surface area contributed by atoms with Crippen LogP contribution in [0.1, 0.15) is 35.7 Å². The normalized spacial score (nSPS) is 12.5. The molecule has 0 radical (unpaired) electrons. The first-order valence-electron chi connectivity index (χ1n) is 9.99. The minimum absolute atomic E-state index is 0.107. The van der Waals surface area contributed by atoms with Crippen LogP contribution in [0.25, 0.3) is 0 Å². The molecular formula is C22H23F3N4O3. The molecule has 0 fully saturated rings. The zero-order chi connectivity index (χ0) is 23.3. The van der Waals surface area contributed by atoms with Gasteiger partial charge in [0.2, 0.25) is 0 Å². The highest BCUT2D eigenvalue weighted by molar-refractivity contribution is 5.68. The fourth-order valence-electron chi connectivity index (χ4n) is 3.49. The van der Waals surface area contributed by atoms with Crippen LogP contribution >= 0.6 is 0 Å². The summed E-state index contributed by atoms with van der Waals surface area (Å²) < 4.78 is 41.9. The molecule has 32 heavy (non-hydrogen) atoms. The Balaban J connectivity index is 1.80. The summed E-state index contributed by atoms with van der Waals surface area (Å²) in [5, 5.41) is 12.2. The lowest BCUT2D eigenvalue weighted by molar-refractivity contribution is -0.138. The molecule has 0 amide bonds. The Labute approximate surface area is 182 Å². The summed E-state index contributed by atoms with van der Waals surface area (Å²) in [6, 6.07) is 8.94. The fourth-order valence-corrected chi connectivity index (χ4v) is 3.49. The third-order valence-corrected chi connectivity index (χ3v) is 5.07. The van der Waals surface area contributed by atoms with E-state index in [-0.39, 0.29) is 5.56 Å². The van der Waals surface area contributed by atoms with Crippen molar-refractivity contribution in [1.82, 2.24) is 14.1 Å². The smallest absolute Gasteiger partial charge is 0.416 e. The number of rotatable bonds is 9. The second-order valence-electron chi connectivity index (χ2n) is 7.29. The fraction of sp³-hybridized carbons (Fsp3) is 0.318. The zero-order valence-electron chi connectivity index (χ0n) is 17.3. The number of hydrogen-bond acceptors (Lipinski definition) is 4. The van der Waals surface area contributed by atoms with Gasteiger partial charge in [0.15, 0.2) is 0 Å². The van der Waals surface area contributed by atoms with Crippen molar-refractivity contribution in [2.75, 3.05) is 12.4 Å². The summed E-state index contributed by atoms with van der Waals surface area (Å²) in [5.41, 5.74) is -0.410. The van der Waals surface area contributed by atoms with Crippen LogP contribution < -0.4 is 11.0 Å². The number of anilines is 1. The van der Waals surface area contributed by atoms with Crippen molar-refractivity contribution >= 4 is 11.8 Å². The Morgan fingerprint density at radius 2 is 1.94 bits per heavy atom. The molecule has 170 valence electrons. The van der Waals surface area contributed by atoms with E-state index in [0.29, 0.717) is 19.4 Å². The van der Waals surface area contributed by atoms with Crippen molar-refractivity contribution in [3.8, 4) is 0 Å². The summed E-state index contributed by atoms with van der Waals surface area (Å²) in [7, 11) is 1.77. The van der Waals surface area contributed by atoms with Crippen LogP contribution in [0.2, 0.25) is 0 Å². The van der Waals surface area contributed by atoms with E-state index in [1.165, 1.54) is 33.7 Å². The van der Waals surface area contributed by atoms with Gasteiger partial charge in [-0.05, 0) is 42.7 Å². The van der Waals surface area contributed by atoms with E-state index in [4.69, 9.17) is 0 Å². The monoisotopic (exact) mass is 448 g/mol. The number of aryl methyl sites for hydroxylation is 2. The van der Waals surface area contributed by atoms with Crippen molar-refractivity contribution in [1.29, 1.82) is 0 Å². The van der Waals surface area contributed by atoms with E-state index in [1.807, 2.05) is 18.2 Å². The number of carboxylic acid groups (broad SMARTS) is 1. The molecule has 1 atom stereocenters. The number of hydrogen-bond donors (Lipinski definition) is 2. The minimum atomic E-state index is -4.57. The lowest BCUT2D eigenvalue weighted by Gasteiger charge is -2.18. The van der Waals surface area contributed by atoms with Crippen LogP contribution in [0.5, 0.6) is 0 Å². The van der Waals surface area contributed by atoms with Crippen LogP contribution in [0.15, 0.2) is 59.7 Å². The zero-order valence-corrected chi connectivity index (χ0v) is 17.3. The van der Waals surface area contributed by atoms with Gasteiger partial charge in [-0.15, -0.1) is 0 Å². The van der Waals surface area contributed by atoms with Gasteiger partial charge in [-0.3, -0.25) is 13.9 Å². The average molecular weight is 448 g/mol. The Hall–Kier alpha value is -3.56. The highest BCUT2D eigenvalue weighted by Gasteiger charge is 2.31. The SMILES string of the molecule is CNc1cccc(CCCn2ccn(C(CC(=O)O)c3cccc(C(F)(F)F)c3)c2=O)n1. The molecule has 0 saturated carbocycles. The molecule has 1 aromatic carbocycles. The maximum absolute atomic E-state index is 13.1. The quantitative estimate of drug-likeness (QED) is 0.520. The lowest BCUT2D eigenvalue weighted by Crippen LogP contribution is -2.29. The first-order valence-corrected chi connectivity index (χ1v) is 9.99. The Kier molecular flexibility index (Phi) is 7.01.